The van der Waals surface area contributed by atoms with Gasteiger partial charge in [-0.3, -0.25) is 0 Å². The zero-order chi connectivity index (χ0) is 13.1. The van der Waals surface area contributed by atoms with E-state index in [-0.39, 0.29) is 0 Å². The second kappa shape index (κ2) is 6.37. The molecule has 3 unspecified atom stereocenters. The fraction of sp³-hybridized carbons (Fsp3) is 0.600. The summed E-state index contributed by atoms with van der Waals surface area (Å²) in [5.74, 6) is 0.754. The van der Waals surface area contributed by atoms with Crippen LogP contribution in [0.15, 0.2) is 30.3 Å². The summed E-state index contributed by atoms with van der Waals surface area (Å²) in [7, 11) is 3.83. The Balaban J connectivity index is 2.12. The smallest absolute Gasteiger partial charge is 0.0247 e. The van der Waals surface area contributed by atoms with Gasteiger partial charge in [0.15, 0.2) is 0 Å². The molecule has 1 saturated carbocycles. The van der Waals surface area contributed by atoms with Gasteiger partial charge in [-0.05, 0) is 45.1 Å². The molecule has 1 fully saturated rings. The number of rotatable bonds is 4. The quantitative estimate of drug-likeness (QED) is 0.753. The van der Waals surface area contributed by atoms with Gasteiger partial charge in [-0.2, -0.15) is 0 Å². The Morgan fingerprint density at radius 3 is 2.50 bits per heavy atom. The van der Waals surface area contributed by atoms with Crippen molar-refractivity contribution in [3.63, 3.8) is 0 Å². The molecule has 0 N–H and O–H groups in total. The normalized spacial score (nSPS) is 27.4. The van der Waals surface area contributed by atoms with Crippen LogP contribution in [0.25, 0.3) is 0 Å². The molecule has 1 aliphatic carbocycles. The summed E-state index contributed by atoms with van der Waals surface area (Å²) < 4.78 is 0. The molecule has 0 spiro atoms. The van der Waals surface area contributed by atoms with E-state index in [2.05, 4.69) is 56.3 Å². The van der Waals surface area contributed by atoms with E-state index in [1.54, 1.807) is 0 Å². The van der Waals surface area contributed by atoms with Crippen LogP contribution in [-0.4, -0.2) is 30.7 Å². The van der Waals surface area contributed by atoms with Crippen molar-refractivity contribution in [3.8, 4) is 0 Å². The molecule has 0 amide bonds. The van der Waals surface area contributed by atoms with Crippen molar-refractivity contribution in [2.75, 3.05) is 14.1 Å². The third-order valence-electron chi connectivity index (χ3n) is 4.26. The lowest BCUT2D eigenvalue weighted by Gasteiger charge is -2.33. The van der Waals surface area contributed by atoms with E-state index in [1.807, 2.05) is 0 Å². The van der Waals surface area contributed by atoms with Crippen LogP contribution in [0.2, 0.25) is 0 Å². The maximum Gasteiger partial charge on any atom is 0.0247 e. The van der Waals surface area contributed by atoms with E-state index in [0.29, 0.717) is 11.7 Å². The minimum atomic E-state index is -0.528. The van der Waals surface area contributed by atoms with Crippen molar-refractivity contribution in [3.05, 3.63) is 30.3 Å². The monoisotopic (exact) mass is 283 g/mol. The zero-order valence-electron chi connectivity index (χ0n) is 11.5. The van der Waals surface area contributed by atoms with Gasteiger partial charge in [-0.1, -0.05) is 48.0 Å². The van der Waals surface area contributed by atoms with Crippen molar-refractivity contribution < 1.29 is 0 Å². The summed E-state index contributed by atoms with van der Waals surface area (Å²) in [6.45, 7) is 2.34. The molecule has 1 aromatic rings. The first-order valence-electron chi connectivity index (χ1n) is 6.77. The Morgan fingerprint density at radius 2 is 1.89 bits per heavy atom. The maximum absolute atomic E-state index is 6.80. The average molecular weight is 284 g/mol. The van der Waals surface area contributed by atoms with Crippen LogP contribution < -0.4 is 5.30 Å². The van der Waals surface area contributed by atoms with Crippen molar-refractivity contribution >= 4 is 23.8 Å². The van der Waals surface area contributed by atoms with Gasteiger partial charge in [0.25, 0.3) is 0 Å². The SMILES string of the molecule is C[C@H](C1CCCC1P(Cl)c1ccccc1)N(C)C. The van der Waals surface area contributed by atoms with Gasteiger partial charge in [0, 0.05) is 19.0 Å². The predicted octanol–water partition coefficient (Wildman–Crippen LogP) is 4.07. The van der Waals surface area contributed by atoms with Crippen LogP contribution in [0.1, 0.15) is 26.2 Å². The third kappa shape index (κ3) is 3.07. The molecule has 2 rings (SSSR count). The van der Waals surface area contributed by atoms with E-state index < -0.39 is 7.27 Å². The Morgan fingerprint density at radius 1 is 1.22 bits per heavy atom. The number of nitrogens with zero attached hydrogens (tertiary/aromatic N) is 1. The lowest BCUT2D eigenvalue weighted by Crippen LogP contribution is -2.36. The summed E-state index contributed by atoms with van der Waals surface area (Å²) >= 11 is 6.80. The van der Waals surface area contributed by atoms with E-state index in [1.165, 1.54) is 24.6 Å². The molecule has 0 saturated heterocycles. The molecular weight excluding hydrogens is 261 g/mol. The second-order valence-electron chi connectivity index (χ2n) is 5.51. The molecule has 0 aliphatic heterocycles. The fourth-order valence-electron chi connectivity index (χ4n) is 2.96. The fourth-order valence-corrected chi connectivity index (χ4v) is 6.01. The second-order valence-corrected chi connectivity index (χ2v) is 8.41. The highest BCUT2D eigenvalue weighted by Crippen LogP contribution is 2.55. The van der Waals surface area contributed by atoms with Crippen LogP contribution in [0.3, 0.4) is 0 Å². The molecule has 0 bridgehead atoms. The molecule has 0 heterocycles. The minimum Gasteiger partial charge on any atom is -0.306 e. The number of halogens is 1. The van der Waals surface area contributed by atoms with Crippen LogP contribution in [0.4, 0.5) is 0 Å². The summed E-state index contributed by atoms with van der Waals surface area (Å²) in [5, 5.41) is 1.34. The Hall–Kier alpha value is -0.100. The first-order chi connectivity index (χ1) is 8.61. The highest BCUT2D eigenvalue weighted by Gasteiger charge is 2.37. The molecule has 100 valence electrons. The Bertz CT molecular complexity index is 368. The van der Waals surface area contributed by atoms with E-state index >= 15 is 0 Å². The first kappa shape index (κ1) is 14.3. The van der Waals surface area contributed by atoms with E-state index in [0.717, 1.165) is 5.92 Å². The van der Waals surface area contributed by atoms with Gasteiger partial charge in [-0.25, -0.2) is 0 Å². The highest BCUT2D eigenvalue weighted by molar-refractivity contribution is 7.90. The largest absolute Gasteiger partial charge is 0.306 e. The number of hydrogen-bond donors (Lipinski definition) is 0. The predicted molar refractivity (Wildman–Crippen MR) is 83.1 cm³/mol. The molecule has 3 heteroatoms. The van der Waals surface area contributed by atoms with Crippen molar-refractivity contribution in [1.82, 2.24) is 4.90 Å². The van der Waals surface area contributed by atoms with Crippen molar-refractivity contribution in [2.45, 2.75) is 37.9 Å². The lowest BCUT2D eigenvalue weighted by molar-refractivity contribution is 0.232. The lowest BCUT2D eigenvalue weighted by atomic mass is 9.99. The summed E-state index contributed by atoms with van der Waals surface area (Å²) in [5.41, 5.74) is 0.682. The third-order valence-corrected chi connectivity index (χ3v) is 7.61. The van der Waals surface area contributed by atoms with Gasteiger partial charge < -0.3 is 4.90 Å². The van der Waals surface area contributed by atoms with Gasteiger partial charge >= 0.3 is 0 Å². The standard InChI is InChI=1S/C15H23ClNP/c1-12(17(2)3)14-10-7-11-15(14)18(16)13-8-5-4-6-9-13/h4-6,8-9,12,14-15H,7,10-11H2,1-3H3/t12-,14?,15?,18?/m1/s1. The summed E-state index contributed by atoms with van der Waals surface area (Å²) in [4.78, 5) is 2.34. The molecular formula is C15H23ClNP. The first-order valence-corrected chi connectivity index (χ1v) is 9.09. The van der Waals surface area contributed by atoms with E-state index in [9.17, 15) is 0 Å². The molecule has 18 heavy (non-hydrogen) atoms. The van der Waals surface area contributed by atoms with Gasteiger partial charge in [0.1, 0.15) is 0 Å². The minimum absolute atomic E-state index is 0.528. The Labute approximate surface area is 117 Å². The number of hydrogen-bond acceptors (Lipinski definition) is 1. The zero-order valence-corrected chi connectivity index (χ0v) is 13.2. The van der Waals surface area contributed by atoms with Gasteiger partial charge in [-0.15, -0.1) is 0 Å². The van der Waals surface area contributed by atoms with Crippen LogP contribution in [0, 0.1) is 5.92 Å². The van der Waals surface area contributed by atoms with Crippen molar-refractivity contribution in [1.29, 1.82) is 0 Å². The topological polar surface area (TPSA) is 3.24 Å². The number of benzene rings is 1. The molecule has 4 atom stereocenters. The molecule has 1 nitrogen and oxygen atoms in total. The molecule has 0 aromatic heterocycles. The average Bonchev–Trinajstić information content (AvgIpc) is 2.87. The Kier molecular flexibility index (Phi) is 5.06. The van der Waals surface area contributed by atoms with Crippen LogP contribution in [-0.2, 0) is 0 Å². The molecule has 0 radical (unpaired) electrons. The van der Waals surface area contributed by atoms with E-state index in [4.69, 9.17) is 11.2 Å². The molecule has 1 aliphatic rings. The van der Waals surface area contributed by atoms with Gasteiger partial charge in [0.2, 0.25) is 0 Å². The van der Waals surface area contributed by atoms with Crippen LogP contribution in [0.5, 0.6) is 0 Å². The van der Waals surface area contributed by atoms with Crippen LogP contribution >= 0.6 is 18.5 Å². The highest BCUT2D eigenvalue weighted by atomic mass is 35.7. The summed E-state index contributed by atoms with van der Waals surface area (Å²) in [6, 6.07) is 11.3. The van der Waals surface area contributed by atoms with Crippen molar-refractivity contribution in [2.24, 2.45) is 5.92 Å². The molecule has 1 aromatic carbocycles. The maximum atomic E-state index is 6.80. The van der Waals surface area contributed by atoms with Gasteiger partial charge in [0.05, 0.1) is 0 Å². The summed E-state index contributed by atoms with van der Waals surface area (Å²) in [6.07, 6.45) is 3.97.